The SMILES string of the molecule is O=C(c1cc(F)ccc1F)C1CCN(C(=O)CCS(=O)(=O)C2CCCC2)CC1. The fraction of sp³-hybridized carbons (Fsp3) is 0.600. The summed E-state index contributed by atoms with van der Waals surface area (Å²) in [5, 5.41) is -0.315. The van der Waals surface area contributed by atoms with Crippen LogP contribution in [0.4, 0.5) is 8.78 Å². The summed E-state index contributed by atoms with van der Waals surface area (Å²) in [4.78, 5) is 26.4. The van der Waals surface area contributed by atoms with E-state index in [0.29, 0.717) is 38.8 Å². The van der Waals surface area contributed by atoms with Crippen molar-refractivity contribution in [3.8, 4) is 0 Å². The monoisotopic (exact) mass is 413 g/mol. The molecule has 2 fully saturated rings. The van der Waals surface area contributed by atoms with E-state index in [2.05, 4.69) is 0 Å². The number of nitrogens with zero attached hydrogens (tertiary/aromatic N) is 1. The van der Waals surface area contributed by atoms with Crippen molar-refractivity contribution in [3.05, 3.63) is 35.4 Å². The van der Waals surface area contributed by atoms with E-state index in [9.17, 15) is 26.8 Å². The second-order valence-corrected chi connectivity index (χ2v) is 10.1. The van der Waals surface area contributed by atoms with Crippen molar-refractivity contribution in [1.29, 1.82) is 0 Å². The van der Waals surface area contributed by atoms with Gasteiger partial charge in [0.15, 0.2) is 15.6 Å². The lowest BCUT2D eigenvalue weighted by Crippen LogP contribution is -2.41. The molecule has 1 amide bonds. The van der Waals surface area contributed by atoms with Crippen molar-refractivity contribution >= 4 is 21.5 Å². The lowest BCUT2D eigenvalue weighted by Gasteiger charge is -2.31. The molecule has 0 spiro atoms. The van der Waals surface area contributed by atoms with Crippen molar-refractivity contribution in [2.75, 3.05) is 18.8 Å². The van der Waals surface area contributed by atoms with E-state index in [1.807, 2.05) is 0 Å². The van der Waals surface area contributed by atoms with Crippen LogP contribution in [0.25, 0.3) is 0 Å². The maximum atomic E-state index is 13.8. The van der Waals surface area contributed by atoms with E-state index in [0.717, 1.165) is 31.0 Å². The predicted molar refractivity (Wildman–Crippen MR) is 101 cm³/mol. The Morgan fingerprint density at radius 1 is 1.04 bits per heavy atom. The highest BCUT2D eigenvalue weighted by atomic mass is 32.2. The van der Waals surface area contributed by atoms with Crippen molar-refractivity contribution in [3.63, 3.8) is 0 Å². The minimum Gasteiger partial charge on any atom is -0.343 e. The first kappa shape index (κ1) is 20.9. The van der Waals surface area contributed by atoms with E-state index in [1.54, 1.807) is 4.90 Å². The summed E-state index contributed by atoms with van der Waals surface area (Å²) in [6.07, 6.45) is 3.87. The molecule has 1 aromatic rings. The van der Waals surface area contributed by atoms with Crippen LogP contribution in [-0.2, 0) is 14.6 Å². The summed E-state index contributed by atoms with van der Waals surface area (Å²) >= 11 is 0. The van der Waals surface area contributed by atoms with Gasteiger partial charge in [0.05, 0.1) is 16.6 Å². The number of piperidine rings is 1. The minimum absolute atomic E-state index is 0.0457. The molecule has 0 unspecified atom stereocenters. The predicted octanol–water partition coefficient (Wildman–Crippen LogP) is 3.13. The van der Waals surface area contributed by atoms with Crippen LogP contribution in [0.5, 0.6) is 0 Å². The number of likely N-dealkylation sites (tertiary alicyclic amines) is 1. The average molecular weight is 413 g/mol. The van der Waals surface area contributed by atoms with Crippen LogP contribution in [-0.4, -0.2) is 49.1 Å². The lowest BCUT2D eigenvalue weighted by molar-refractivity contribution is -0.132. The smallest absolute Gasteiger partial charge is 0.223 e. The molecular formula is C20H25F2NO4S. The van der Waals surface area contributed by atoms with Crippen LogP contribution in [0.2, 0.25) is 0 Å². The first-order chi connectivity index (χ1) is 13.3. The van der Waals surface area contributed by atoms with Crippen molar-refractivity contribution in [2.24, 2.45) is 5.92 Å². The fourth-order valence-electron chi connectivity index (χ4n) is 4.10. The first-order valence-electron chi connectivity index (χ1n) is 9.76. The Hall–Kier alpha value is -1.83. The molecule has 0 radical (unpaired) electrons. The maximum Gasteiger partial charge on any atom is 0.223 e. The van der Waals surface area contributed by atoms with Gasteiger partial charge in [-0.1, -0.05) is 12.8 Å². The summed E-state index contributed by atoms with van der Waals surface area (Å²) < 4.78 is 51.7. The van der Waals surface area contributed by atoms with Gasteiger partial charge in [0, 0.05) is 25.4 Å². The average Bonchev–Trinajstić information content (AvgIpc) is 3.23. The number of amides is 1. The molecule has 0 atom stereocenters. The molecule has 28 heavy (non-hydrogen) atoms. The number of sulfone groups is 1. The zero-order valence-electron chi connectivity index (χ0n) is 15.7. The third-order valence-electron chi connectivity index (χ3n) is 5.82. The van der Waals surface area contributed by atoms with Gasteiger partial charge in [0.2, 0.25) is 5.91 Å². The number of halogens is 2. The standard InChI is InChI=1S/C20H25F2NO4S/c21-15-5-6-18(22)17(13-15)20(25)14-7-10-23(11-8-14)19(24)9-12-28(26,27)16-3-1-2-4-16/h5-6,13-14,16H,1-4,7-12H2. The third kappa shape index (κ3) is 4.77. The molecule has 1 aromatic carbocycles. The molecule has 2 aliphatic rings. The Bertz CT molecular complexity index is 842. The maximum absolute atomic E-state index is 13.8. The van der Waals surface area contributed by atoms with Gasteiger partial charge in [0.25, 0.3) is 0 Å². The van der Waals surface area contributed by atoms with Crippen LogP contribution in [0.3, 0.4) is 0 Å². The molecule has 0 N–H and O–H groups in total. The number of carbonyl (C=O) groups excluding carboxylic acids is 2. The highest BCUT2D eigenvalue weighted by Gasteiger charge is 2.32. The largest absolute Gasteiger partial charge is 0.343 e. The Labute approximate surface area is 164 Å². The van der Waals surface area contributed by atoms with E-state index < -0.39 is 33.2 Å². The van der Waals surface area contributed by atoms with E-state index in [1.165, 1.54) is 0 Å². The molecule has 1 saturated carbocycles. The van der Waals surface area contributed by atoms with Gasteiger partial charge in [-0.05, 0) is 43.9 Å². The number of hydrogen-bond donors (Lipinski definition) is 0. The highest BCUT2D eigenvalue weighted by Crippen LogP contribution is 2.27. The number of rotatable bonds is 6. The van der Waals surface area contributed by atoms with Gasteiger partial charge >= 0.3 is 0 Å². The van der Waals surface area contributed by atoms with Crippen LogP contribution in [0.1, 0.15) is 55.3 Å². The van der Waals surface area contributed by atoms with E-state index >= 15 is 0 Å². The van der Waals surface area contributed by atoms with Crippen LogP contribution in [0.15, 0.2) is 18.2 Å². The topological polar surface area (TPSA) is 71.5 Å². The Morgan fingerprint density at radius 2 is 1.68 bits per heavy atom. The molecule has 3 rings (SSSR count). The molecule has 1 aliphatic heterocycles. The molecule has 1 saturated heterocycles. The fourth-order valence-corrected chi connectivity index (χ4v) is 5.94. The van der Waals surface area contributed by atoms with E-state index in [-0.39, 0.29) is 28.9 Å². The Kier molecular flexibility index (Phi) is 6.47. The van der Waals surface area contributed by atoms with Crippen LogP contribution >= 0.6 is 0 Å². The second kappa shape index (κ2) is 8.68. The summed E-state index contributed by atoms with van der Waals surface area (Å²) in [5.41, 5.74) is -0.257. The highest BCUT2D eigenvalue weighted by molar-refractivity contribution is 7.92. The van der Waals surface area contributed by atoms with Crippen molar-refractivity contribution < 1.29 is 26.8 Å². The zero-order chi connectivity index (χ0) is 20.3. The third-order valence-corrected chi connectivity index (χ3v) is 8.08. The number of hydrogen-bond acceptors (Lipinski definition) is 4. The van der Waals surface area contributed by atoms with Gasteiger partial charge in [-0.2, -0.15) is 0 Å². The Morgan fingerprint density at radius 3 is 2.32 bits per heavy atom. The normalized spacial score (nSPS) is 19.1. The summed E-state index contributed by atoms with van der Waals surface area (Å²) in [6.45, 7) is 0.630. The van der Waals surface area contributed by atoms with E-state index in [4.69, 9.17) is 0 Å². The summed E-state index contributed by atoms with van der Waals surface area (Å²) in [7, 11) is -3.24. The first-order valence-corrected chi connectivity index (χ1v) is 11.5. The molecular weight excluding hydrogens is 388 g/mol. The Balaban J connectivity index is 1.51. The number of Topliss-reactive ketones (excluding diaryl/α,β-unsaturated/α-hetero) is 1. The molecule has 8 heteroatoms. The molecule has 154 valence electrons. The van der Waals surface area contributed by atoms with Crippen molar-refractivity contribution in [1.82, 2.24) is 4.90 Å². The molecule has 0 bridgehead atoms. The number of ketones is 1. The van der Waals surface area contributed by atoms with Gasteiger partial charge in [-0.15, -0.1) is 0 Å². The molecule has 1 aliphatic carbocycles. The summed E-state index contributed by atoms with van der Waals surface area (Å²) in [6, 6.07) is 2.81. The van der Waals surface area contributed by atoms with Crippen LogP contribution in [0, 0.1) is 17.6 Å². The minimum atomic E-state index is -3.24. The molecule has 5 nitrogen and oxygen atoms in total. The zero-order valence-corrected chi connectivity index (χ0v) is 16.5. The number of benzene rings is 1. The quantitative estimate of drug-likeness (QED) is 0.672. The van der Waals surface area contributed by atoms with Gasteiger partial charge in [-0.3, -0.25) is 9.59 Å². The van der Waals surface area contributed by atoms with Gasteiger partial charge < -0.3 is 4.90 Å². The molecule has 0 aromatic heterocycles. The van der Waals surface area contributed by atoms with Gasteiger partial charge in [0.1, 0.15) is 11.6 Å². The molecule has 1 heterocycles. The number of carbonyl (C=O) groups is 2. The van der Waals surface area contributed by atoms with Crippen molar-refractivity contribution in [2.45, 2.75) is 50.2 Å². The summed E-state index contributed by atoms with van der Waals surface area (Å²) in [5.74, 6) is -2.70. The van der Waals surface area contributed by atoms with Crippen LogP contribution < -0.4 is 0 Å². The lowest BCUT2D eigenvalue weighted by atomic mass is 9.88. The second-order valence-electron chi connectivity index (χ2n) is 7.67. The van der Waals surface area contributed by atoms with Gasteiger partial charge in [-0.25, -0.2) is 17.2 Å².